The van der Waals surface area contributed by atoms with Gasteiger partial charge in [0.2, 0.25) is 0 Å². The highest BCUT2D eigenvalue weighted by atomic mass is 15.2. The Kier molecular flexibility index (Phi) is 8.08. The fourth-order valence-corrected chi connectivity index (χ4v) is 10.9. The molecule has 2 atom stereocenters. The van der Waals surface area contributed by atoms with Gasteiger partial charge in [-0.15, -0.1) is 6.58 Å². The van der Waals surface area contributed by atoms with Crippen molar-refractivity contribution in [3.05, 3.63) is 226 Å². The number of allylic oxidation sites excluding steroid dienone is 12. The van der Waals surface area contributed by atoms with Crippen LogP contribution in [-0.2, 0) is 10.8 Å². The first kappa shape index (κ1) is 34.6. The van der Waals surface area contributed by atoms with Crippen molar-refractivity contribution in [2.24, 2.45) is 11.8 Å². The average Bonchev–Trinajstić information content (AvgIpc) is 3.77. The summed E-state index contributed by atoms with van der Waals surface area (Å²) in [5, 5.41) is 0. The number of hydrogen-bond acceptors (Lipinski definition) is 1. The summed E-state index contributed by atoms with van der Waals surface area (Å²) in [7, 11) is 0. The summed E-state index contributed by atoms with van der Waals surface area (Å²) in [5.41, 5.74) is 21.1. The van der Waals surface area contributed by atoms with Crippen LogP contribution < -0.4 is 4.90 Å². The third-order valence-electron chi connectivity index (χ3n) is 13.5. The molecular formula is C55H49N. The van der Waals surface area contributed by atoms with Crippen LogP contribution in [-0.4, -0.2) is 0 Å². The lowest BCUT2D eigenvalue weighted by molar-refractivity contribution is 0.590. The molecule has 0 amide bonds. The van der Waals surface area contributed by atoms with E-state index in [9.17, 15) is 0 Å². The normalized spacial score (nSPS) is 20.5. The van der Waals surface area contributed by atoms with Crippen molar-refractivity contribution >= 4 is 11.3 Å². The Bertz CT molecular complexity index is 2600. The second-order valence-corrected chi connectivity index (χ2v) is 16.8. The molecule has 1 spiro atoms. The van der Waals surface area contributed by atoms with Crippen molar-refractivity contribution in [3.63, 3.8) is 0 Å². The van der Waals surface area contributed by atoms with E-state index in [0.717, 1.165) is 19.3 Å². The van der Waals surface area contributed by atoms with Crippen molar-refractivity contribution in [1.82, 2.24) is 0 Å². The zero-order valence-electron chi connectivity index (χ0n) is 33.0. The fourth-order valence-electron chi connectivity index (χ4n) is 10.9. The van der Waals surface area contributed by atoms with Gasteiger partial charge >= 0.3 is 0 Å². The van der Waals surface area contributed by atoms with Crippen LogP contribution in [0, 0.1) is 11.8 Å². The topological polar surface area (TPSA) is 3.24 Å². The lowest BCUT2D eigenvalue weighted by Gasteiger charge is -2.38. The number of anilines is 1. The van der Waals surface area contributed by atoms with E-state index in [4.69, 9.17) is 0 Å². The van der Waals surface area contributed by atoms with Crippen LogP contribution in [0.5, 0.6) is 0 Å². The Morgan fingerprint density at radius 2 is 1.30 bits per heavy atom. The van der Waals surface area contributed by atoms with Crippen molar-refractivity contribution in [1.29, 1.82) is 0 Å². The van der Waals surface area contributed by atoms with E-state index in [1.165, 1.54) is 89.4 Å². The number of rotatable bonds is 7. The van der Waals surface area contributed by atoms with Crippen LogP contribution >= 0.6 is 0 Å². The highest BCUT2D eigenvalue weighted by Gasteiger charge is 2.52. The number of hydrogen-bond donors (Lipinski definition) is 0. The molecule has 5 aliphatic rings. The molecule has 2 unspecified atom stereocenters. The molecule has 0 saturated carbocycles. The summed E-state index contributed by atoms with van der Waals surface area (Å²) < 4.78 is 0. The molecule has 0 saturated heterocycles. The third kappa shape index (κ3) is 4.86. The third-order valence-corrected chi connectivity index (χ3v) is 13.5. The van der Waals surface area contributed by atoms with Gasteiger partial charge in [0.05, 0.1) is 5.41 Å². The Morgan fingerprint density at radius 3 is 1.93 bits per heavy atom. The lowest BCUT2D eigenvalue weighted by Crippen LogP contribution is -2.29. The zero-order valence-corrected chi connectivity index (χ0v) is 33.0. The Hall–Kier alpha value is -5.92. The number of fused-ring (bicyclic) bond motifs is 10. The second-order valence-electron chi connectivity index (χ2n) is 16.8. The first-order chi connectivity index (χ1) is 27.4. The first-order valence-corrected chi connectivity index (χ1v) is 20.5. The molecule has 1 nitrogen and oxygen atoms in total. The molecule has 0 fully saturated rings. The van der Waals surface area contributed by atoms with Gasteiger partial charge in [-0.25, -0.2) is 0 Å². The van der Waals surface area contributed by atoms with E-state index in [0.29, 0.717) is 11.8 Å². The summed E-state index contributed by atoms with van der Waals surface area (Å²) in [6, 6.07) is 43.7. The van der Waals surface area contributed by atoms with Crippen molar-refractivity contribution in [3.8, 4) is 22.3 Å². The Balaban J connectivity index is 1.24. The molecule has 0 aromatic heterocycles. The predicted octanol–water partition coefficient (Wildman–Crippen LogP) is 14.0. The monoisotopic (exact) mass is 723 g/mol. The maximum atomic E-state index is 4.25. The van der Waals surface area contributed by atoms with Crippen LogP contribution in [0.25, 0.3) is 27.8 Å². The van der Waals surface area contributed by atoms with Gasteiger partial charge in [-0.05, 0) is 106 Å². The van der Waals surface area contributed by atoms with E-state index < -0.39 is 0 Å². The quantitative estimate of drug-likeness (QED) is 0.151. The fraction of sp³-hybridized carbons (Fsp3) is 0.200. The van der Waals surface area contributed by atoms with Gasteiger partial charge in [0, 0.05) is 39.9 Å². The average molecular weight is 724 g/mol. The summed E-state index contributed by atoms with van der Waals surface area (Å²) in [5.74, 6) is 0.761. The van der Waals surface area contributed by atoms with Gasteiger partial charge in [0.15, 0.2) is 0 Å². The minimum atomic E-state index is -0.389. The standard InChI is InChI=1S/C55H49N/c1-6-7-29-52(53-37(3)55(49-28-18-14-24-45(49)53)47-26-16-12-22-42(47)43-23-13-17-27-48(43)55)56(51-33-30-39(34-36(51)2)38-19-9-8-10-20-38)40-31-32-44-41-21-11-15-25-46(41)54(4,5)50(44)35-40/h6,8-19,21-33,35-36,38H,1,7,20,34H2,2-5H3/b52-29+. The van der Waals surface area contributed by atoms with Crippen molar-refractivity contribution in [2.45, 2.75) is 57.8 Å². The molecule has 0 radical (unpaired) electrons. The molecular weight excluding hydrogens is 675 g/mol. The van der Waals surface area contributed by atoms with Gasteiger partial charge in [0.25, 0.3) is 0 Å². The molecule has 0 heterocycles. The minimum absolute atomic E-state index is 0.116. The van der Waals surface area contributed by atoms with Crippen LogP contribution in [0.15, 0.2) is 193 Å². The van der Waals surface area contributed by atoms with Crippen LogP contribution in [0.2, 0.25) is 0 Å². The molecule has 56 heavy (non-hydrogen) atoms. The smallest absolute Gasteiger partial charge is 0.0686 e. The van der Waals surface area contributed by atoms with Crippen LogP contribution in [0.3, 0.4) is 0 Å². The lowest BCUT2D eigenvalue weighted by atomic mass is 9.70. The van der Waals surface area contributed by atoms with Gasteiger partial charge < -0.3 is 4.90 Å². The SMILES string of the molecule is C=CC/C=C(\C1=C(C)C2(c3ccccc31)c1ccccc1-c1ccccc12)N(C1=CC=C(C2C=CC=CC2)CC1C)c1ccc2c(c1)C(C)(C)c1ccccc1-2. The molecule has 0 aliphatic heterocycles. The highest BCUT2D eigenvalue weighted by molar-refractivity contribution is 6.00. The number of nitrogens with zero attached hydrogens (tertiary/aromatic N) is 1. The molecule has 5 aromatic rings. The van der Waals surface area contributed by atoms with Gasteiger partial charge in [-0.3, -0.25) is 0 Å². The number of benzene rings is 5. The van der Waals surface area contributed by atoms with E-state index in [1.54, 1.807) is 0 Å². The van der Waals surface area contributed by atoms with E-state index in [2.05, 4.69) is 197 Å². The summed E-state index contributed by atoms with van der Waals surface area (Å²) in [6.45, 7) is 13.9. The molecule has 5 aliphatic carbocycles. The molecule has 5 aromatic carbocycles. The van der Waals surface area contributed by atoms with Crippen molar-refractivity contribution < 1.29 is 0 Å². The van der Waals surface area contributed by atoms with Gasteiger partial charge in [-0.1, -0.05) is 172 Å². The summed E-state index contributed by atoms with van der Waals surface area (Å²) in [6.07, 6.45) is 21.3. The first-order valence-electron chi connectivity index (χ1n) is 20.5. The van der Waals surface area contributed by atoms with Crippen molar-refractivity contribution in [2.75, 3.05) is 4.90 Å². The summed E-state index contributed by atoms with van der Waals surface area (Å²) in [4.78, 5) is 2.64. The zero-order chi connectivity index (χ0) is 38.2. The Morgan fingerprint density at radius 1 is 0.714 bits per heavy atom. The maximum Gasteiger partial charge on any atom is 0.0686 e. The van der Waals surface area contributed by atoms with Gasteiger partial charge in [0.1, 0.15) is 0 Å². The second kappa shape index (κ2) is 13.1. The van der Waals surface area contributed by atoms with E-state index in [1.807, 2.05) is 6.08 Å². The molecule has 274 valence electrons. The van der Waals surface area contributed by atoms with Crippen LogP contribution in [0.1, 0.15) is 80.3 Å². The Labute approximate surface area is 333 Å². The van der Waals surface area contributed by atoms with E-state index >= 15 is 0 Å². The minimum Gasteiger partial charge on any atom is -0.314 e. The summed E-state index contributed by atoms with van der Waals surface area (Å²) >= 11 is 0. The largest absolute Gasteiger partial charge is 0.314 e. The maximum absolute atomic E-state index is 4.25. The van der Waals surface area contributed by atoms with E-state index in [-0.39, 0.29) is 10.8 Å². The molecule has 0 N–H and O–H groups in total. The predicted molar refractivity (Wildman–Crippen MR) is 237 cm³/mol. The highest BCUT2D eigenvalue weighted by Crippen LogP contribution is 2.63. The molecule has 0 bridgehead atoms. The molecule has 10 rings (SSSR count). The van der Waals surface area contributed by atoms with Crippen LogP contribution in [0.4, 0.5) is 5.69 Å². The molecule has 1 heteroatoms. The van der Waals surface area contributed by atoms with Gasteiger partial charge in [-0.2, -0.15) is 0 Å².